The van der Waals surface area contributed by atoms with Crippen LogP contribution in [0.1, 0.15) is 35.8 Å². The summed E-state index contributed by atoms with van der Waals surface area (Å²) in [7, 11) is 0. The first-order valence-corrected chi connectivity index (χ1v) is 7.61. The average Bonchev–Trinajstić information content (AvgIpc) is 3.03. The molecule has 1 N–H and O–H groups in total. The van der Waals surface area contributed by atoms with Crippen molar-refractivity contribution >= 4 is 5.91 Å². The molecule has 1 aliphatic heterocycles. The Kier molecular flexibility index (Phi) is 4.37. The summed E-state index contributed by atoms with van der Waals surface area (Å²) in [6.07, 6.45) is 0. The van der Waals surface area contributed by atoms with Crippen molar-refractivity contribution in [1.29, 1.82) is 0 Å². The highest BCUT2D eigenvalue weighted by atomic mass is 16.7. The molecule has 2 aromatic rings. The molecule has 5 heteroatoms. The fraction of sp³-hybridized carbons (Fsp3) is 0.278. The van der Waals surface area contributed by atoms with Crippen molar-refractivity contribution in [3.8, 4) is 17.2 Å². The summed E-state index contributed by atoms with van der Waals surface area (Å²) in [4.78, 5) is 12.5. The smallest absolute Gasteiger partial charge is 0.255 e. The minimum Gasteiger partial charge on any atom is -0.493 e. The molecule has 2 aromatic carbocycles. The van der Waals surface area contributed by atoms with E-state index in [1.54, 1.807) is 12.1 Å². The van der Waals surface area contributed by atoms with E-state index in [9.17, 15) is 4.79 Å². The van der Waals surface area contributed by atoms with Gasteiger partial charge >= 0.3 is 0 Å². The molecule has 0 aromatic heterocycles. The van der Waals surface area contributed by atoms with Crippen LogP contribution in [0.3, 0.4) is 0 Å². The number of carbonyl (C=O) groups excluding carboxylic acids is 1. The third-order valence-electron chi connectivity index (χ3n) is 3.68. The molecule has 0 spiro atoms. The Morgan fingerprint density at radius 2 is 2.00 bits per heavy atom. The average molecular weight is 313 g/mol. The van der Waals surface area contributed by atoms with E-state index in [1.807, 2.05) is 44.2 Å². The summed E-state index contributed by atoms with van der Waals surface area (Å²) in [6, 6.07) is 12.7. The van der Waals surface area contributed by atoms with Crippen LogP contribution in [-0.4, -0.2) is 19.3 Å². The van der Waals surface area contributed by atoms with E-state index in [2.05, 4.69) is 5.32 Å². The highest BCUT2D eigenvalue weighted by Crippen LogP contribution is 2.34. The SMILES string of the molecule is CCOc1ccccc1C(=O)N[C@@H](C)c1ccc2c(c1)OCO2. The van der Waals surface area contributed by atoms with E-state index in [0.29, 0.717) is 23.7 Å². The first kappa shape index (κ1) is 15.2. The van der Waals surface area contributed by atoms with Crippen LogP contribution in [0.15, 0.2) is 42.5 Å². The molecule has 0 radical (unpaired) electrons. The number of amides is 1. The molecule has 120 valence electrons. The second kappa shape index (κ2) is 6.60. The molecular formula is C18H19NO4. The highest BCUT2D eigenvalue weighted by molar-refractivity contribution is 5.97. The van der Waals surface area contributed by atoms with Crippen molar-refractivity contribution < 1.29 is 19.0 Å². The second-order valence-corrected chi connectivity index (χ2v) is 5.24. The van der Waals surface area contributed by atoms with Gasteiger partial charge in [0.1, 0.15) is 5.75 Å². The van der Waals surface area contributed by atoms with Gasteiger partial charge < -0.3 is 19.5 Å². The lowest BCUT2D eigenvalue weighted by Gasteiger charge is -2.16. The topological polar surface area (TPSA) is 56.8 Å². The van der Waals surface area contributed by atoms with Crippen molar-refractivity contribution in [3.63, 3.8) is 0 Å². The summed E-state index contributed by atoms with van der Waals surface area (Å²) in [5.41, 5.74) is 1.48. The van der Waals surface area contributed by atoms with Gasteiger partial charge in [0, 0.05) is 0 Å². The van der Waals surface area contributed by atoms with Gasteiger partial charge in [-0.25, -0.2) is 0 Å². The molecule has 1 atom stereocenters. The maximum atomic E-state index is 12.5. The van der Waals surface area contributed by atoms with Gasteiger partial charge in [-0.3, -0.25) is 4.79 Å². The lowest BCUT2D eigenvalue weighted by Crippen LogP contribution is -2.27. The van der Waals surface area contributed by atoms with Crippen LogP contribution in [0.2, 0.25) is 0 Å². The van der Waals surface area contributed by atoms with Gasteiger partial charge in [0.15, 0.2) is 11.5 Å². The Hall–Kier alpha value is -2.69. The third-order valence-corrected chi connectivity index (χ3v) is 3.68. The molecular weight excluding hydrogens is 294 g/mol. The van der Waals surface area contributed by atoms with Gasteiger partial charge in [-0.2, -0.15) is 0 Å². The minimum atomic E-state index is -0.167. The number of hydrogen-bond acceptors (Lipinski definition) is 4. The third kappa shape index (κ3) is 3.23. The lowest BCUT2D eigenvalue weighted by atomic mass is 10.1. The fourth-order valence-corrected chi connectivity index (χ4v) is 2.48. The van der Waals surface area contributed by atoms with Crippen molar-refractivity contribution in [2.45, 2.75) is 19.9 Å². The standard InChI is InChI=1S/C18H19NO4/c1-3-21-15-7-5-4-6-14(15)18(20)19-12(2)13-8-9-16-17(10-13)23-11-22-16/h4-10,12H,3,11H2,1-2H3,(H,19,20)/t12-/m0/s1. The largest absolute Gasteiger partial charge is 0.493 e. The van der Waals surface area contributed by atoms with Gasteiger partial charge in [-0.05, 0) is 43.7 Å². The highest BCUT2D eigenvalue weighted by Gasteiger charge is 2.18. The number of carbonyl (C=O) groups is 1. The summed E-state index contributed by atoms with van der Waals surface area (Å²) in [5.74, 6) is 1.86. The molecule has 23 heavy (non-hydrogen) atoms. The number of ether oxygens (including phenoxy) is 3. The van der Waals surface area contributed by atoms with E-state index in [0.717, 1.165) is 11.3 Å². The van der Waals surface area contributed by atoms with E-state index >= 15 is 0 Å². The molecule has 5 nitrogen and oxygen atoms in total. The Morgan fingerprint density at radius 3 is 2.83 bits per heavy atom. The molecule has 0 saturated carbocycles. The number of rotatable bonds is 5. The van der Waals surface area contributed by atoms with E-state index in [1.165, 1.54) is 0 Å². The predicted octanol–water partition coefficient (Wildman–Crippen LogP) is 3.31. The normalized spacial score (nSPS) is 13.5. The van der Waals surface area contributed by atoms with Gasteiger partial charge in [-0.1, -0.05) is 18.2 Å². The quantitative estimate of drug-likeness (QED) is 0.920. The zero-order valence-electron chi connectivity index (χ0n) is 13.2. The summed E-state index contributed by atoms with van der Waals surface area (Å²) < 4.78 is 16.2. The molecule has 0 bridgehead atoms. The summed E-state index contributed by atoms with van der Waals surface area (Å²) in [5, 5.41) is 2.99. The van der Waals surface area contributed by atoms with E-state index in [4.69, 9.17) is 14.2 Å². The molecule has 1 aliphatic rings. The van der Waals surface area contributed by atoms with E-state index in [-0.39, 0.29) is 18.7 Å². The maximum absolute atomic E-state index is 12.5. The molecule has 0 aliphatic carbocycles. The monoisotopic (exact) mass is 313 g/mol. The zero-order chi connectivity index (χ0) is 16.2. The van der Waals surface area contributed by atoms with Crippen LogP contribution in [0.25, 0.3) is 0 Å². The molecule has 0 saturated heterocycles. The fourth-order valence-electron chi connectivity index (χ4n) is 2.48. The van der Waals surface area contributed by atoms with Crippen molar-refractivity contribution in [1.82, 2.24) is 5.32 Å². The first-order valence-electron chi connectivity index (χ1n) is 7.61. The minimum absolute atomic E-state index is 0.160. The van der Waals surface area contributed by atoms with Gasteiger partial charge in [0.2, 0.25) is 6.79 Å². The Morgan fingerprint density at radius 1 is 1.22 bits per heavy atom. The van der Waals surface area contributed by atoms with Crippen LogP contribution < -0.4 is 19.5 Å². The maximum Gasteiger partial charge on any atom is 0.255 e. The summed E-state index contributed by atoms with van der Waals surface area (Å²) >= 11 is 0. The Bertz CT molecular complexity index is 714. The first-order chi connectivity index (χ1) is 11.2. The Labute approximate surface area is 135 Å². The molecule has 0 fully saturated rings. The van der Waals surface area contributed by atoms with Crippen LogP contribution >= 0.6 is 0 Å². The Balaban J connectivity index is 1.75. The molecule has 0 unspecified atom stereocenters. The number of benzene rings is 2. The molecule has 1 amide bonds. The molecule has 3 rings (SSSR count). The number of nitrogens with one attached hydrogen (secondary N) is 1. The number of hydrogen-bond donors (Lipinski definition) is 1. The van der Waals surface area contributed by atoms with Gasteiger partial charge in [0.05, 0.1) is 18.2 Å². The van der Waals surface area contributed by atoms with Crippen molar-refractivity contribution in [2.24, 2.45) is 0 Å². The van der Waals surface area contributed by atoms with Crippen molar-refractivity contribution in [2.75, 3.05) is 13.4 Å². The van der Waals surface area contributed by atoms with Crippen LogP contribution in [0.4, 0.5) is 0 Å². The van der Waals surface area contributed by atoms with E-state index < -0.39 is 0 Å². The number of fused-ring (bicyclic) bond motifs is 1. The van der Waals surface area contributed by atoms with Gasteiger partial charge in [-0.15, -0.1) is 0 Å². The van der Waals surface area contributed by atoms with Gasteiger partial charge in [0.25, 0.3) is 5.91 Å². The lowest BCUT2D eigenvalue weighted by molar-refractivity contribution is 0.0936. The summed E-state index contributed by atoms with van der Waals surface area (Å²) in [6.45, 7) is 4.58. The van der Waals surface area contributed by atoms with Crippen molar-refractivity contribution in [3.05, 3.63) is 53.6 Å². The second-order valence-electron chi connectivity index (χ2n) is 5.24. The number of para-hydroxylation sites is 1. The van der Waals surface area contributed by atoms with Crippen LogP contribution in [0.5, 0.6) is 17.2 Å². The van der Waals surface area contributed by atoms with Crippen LogP contribution in [0, 0.1) is 0 Å². The zero-order valence-corrected chi connectivity index (χ0v) is 13.2. The molecule has 1 heterocycles. The predicted molar refractivity (Wildman–Crippen MR) is 86.1 cm³/mol. The van der Waals surface area contributed by atoms with Crippen LogP contribution in [-0.2, 0) is 0 Å².